The van der Waals surface area contributed by atoms with Crippen LogP contribution in [0.4, 0.5) is 11.4 Å². The van der Waals surface area contributed by atoms with Crippen molar-refractivity contribution in [3.8, 4) is 0 Å². The quantitative estimate of drug-likeness (QED) is 0.396. The van der Waals surface area contributed by atoms with Gasteiger partial charge >= 0.3 is 5.97 Å². The molecule has 1 saturated heterocycles. The lowest BCUT2D eigenvalue weighted by Gasteiger charge is -2.32. The van der Waals surface area contributed by atoms with Crippen LogP contribution in [-0.4, -0.2) is 42.5 Å². The number of carbonyl (C=O) groups is 2. The summed E-state index contributed by atoms with van der Waals surface area (Å²) in [5, 5.41) is 14.0. The predicted octanol–water partition coefficient (Wildman–Crippen LogP) is 3.10. The van der Waals surface area contributed by atoms with E-state index in [0.717, 1.165) is 5.56 Å². The van der Waals surface area contributed by atoms with Crippen LogP contribution in [0.5, 0.6) is 0 Å². The first-order valence-corrected chi connectivity index (χ1v) is 10.5. The van der Waals surface area contributed by atoms with E-state index in [-0.39, 0.29) is 17.5 Å². The molecule has 0 spiro atoms. The number of benzene rings is 2. The number of hydrogen-bond donors (Lipinski definition) is 1. The Labute approximate surface area is 181 Å². The molecular formula is C23H27N3O5. The maximum absolute atomic E-state index is 12.5. The van der Waals surface area contributed by atoms with Crippen molar-refractivity contribution >= 4 is 23.3 Å². The van der Waals surface area contributed by atoms with Crippen molar-refractivity contribution in [1.29, 1.82) is 0 Å². The van der Waals surface area contributed by atoms with E-state index in [9.17, 15) is 19.7 Å². The van der Waals surface area contributed by atoms with E-state index in [1.165, 1.54) is 6.07 Å². The highest BCUT2D eigenvalue weighted by atomic mass is 16.6. The molecule has 0 bridgehead atoms. The summed E-state index contributed by atoms with van der Waals surface area (Å²) < 4.78 is 5.38. The number of rotatable bonds is 8. The van der Waals surface area contributed by atoms with E-state index in [2.05, 4.69) is 5.32 Å². The number of anilines is 1. The zero-order valence-electron chi connectivity index (χ0n) is 17.5. The summed E-state index contributed by atoms with van der Waals surface area (Å²) in [7, 11) is 0. The van der Waals surface area contributed by atoms with E-state index < -0.39 is 17.0 Å². The molecule has 3 rings (SSSR count). The maximum Gasteiger partial charge on any atom is 0.309 e. The second-order valence-corrected chi connectivity index (χ2v) is 7.61. The Morgan fingerprint density at radius 3 is 2.45 bits per heavy atom. The molecule has 0 aliphatic carbocycles. The third-order valence-corrected chi connectivity index (χ3v) is 5.47. The average molecular weight is 425 g/mol. The minimum atomic E-state index is -0.864. The number of carbonyl (C=O) groups excluding carboxylic acids is 2. The normalized spacial score (nSPS) is 15.2. The summed E-state index contributed by atoms with van der Waals surface area (Å²) in [6.45, 7) is 3.07. The number of ether oxygens (including phenoxy) is 1. The average Bonchev–Trinajstić information content (AvgIpc) is 2.79. The van der Waals surface area contributed by atoms with Gasteiger partial charge in [0.1, 0.15) is 5.69 Å². The van der Waals surface area contributed by atoms with Crippen LogP contribution in [0.2, 0.25) is 0 Å². The molecule has 1 N–H and O–H groups in total. The Balaban J connectivity index is 1.44. The molecule has 8 heteroatoms. The molecule has 2 aromatic rings. The van der Waals surface area contributed by atoms with Gasteiger partial charge in [0.15, 0.2) is 6.10 Å². The molecule has 1 atom stereocenters. The first kappa shape index (κ1) is 22.3. The highest BCUT2D eigenvalue weighted by Crippen LogP contribution is 2.31. The Hall–Kier alpha value is -3.42. The zero-order chi connectivity index (χ0) is 22.2. The number of nitro groups is 1. The maximum atomic E-state index is 12.5. The predicted molar refractivity (Wildman–Crippen MR) is 117 cm³/mol. The van der Waals surface area contributed by atoms with Crippen molar-refractivity contribution in [2.24, 2.45) is 5.92 Å². The topological polar surface area (TPSA) is 102 Å². The van der Waals surface area contributed by atoms with Crippen LogP contribution in [0.25, 0.3) is 0 Å². The molecule has 0 aromatic heterocycles. The van der Waals surface area contributed by atoms with E-state index in [1.807, 2.05) is 35.2 Å². The fourth-order valence-corrected chi connectivity index (χ4v) is 3.68. The van der Waals surface area contributed by atoms with Crippen LogP contribution in [0.3, 0.4) is 0 Å². The molecule has 1 amide bonds. The van der Waals surface area contributed by atoms with Crippen LogP contribution in [0.15, 0.2) is 54.6 Å². The van der Waals surface area contributed by atoms with Gasteiger partial charge in [0.25, 0.3) is 11.6 Å². The van der Waals surface area contributed by atoms with E-state index in [0.29, 0.717) is 44.6 Å². The number of nitrogens with one attached hydrogen (secondary N) is 1. The van der Waals surface area contributed by atoms with Gasteiger partial charge in [-0.1, -0.05) is 42.5 Å². The second-order valence-electron chi connectivity index (χ2n) is 7.61. The van der Waals surface area contributed by atoms with Gasteiger partial charge in [-0.05, 0) is 37.8 Å². The van der Waals surface area contributed by atoms with Gasteiger partial charge < -0.3 is 15.0 Å². The molecule has 2 aromatic carbocycles. The first-order valence-electron chi connectivity index (χ1n) is 10.5. The molecule has 31 heavy (non-hydrogen) atoms. The van der Waals surface area contributed by atoms with Crippen molar-refractivity contribution in [3.63, 3.8) is 0 Å². The van der Waals surface area contributed by atoms with Gasteiger partial charge in [-0.25, -0.2) is 0 Å². The van der Waals surface area contributed by atoms with Gasteiger partial charge in [0.05, 0.1) is 10.8 Å². The van der Waals surface area contributed by atoms with Crippen molar-refractivity contribution in [2.45, 2.75) is 32.3 Å². The number of hydrogen-bond acceptors (Lipinski definition) is 6. The van der Waals surface area contributed by atoms with Gasteiger partial charge in [0.2, 0.25) is 0 Å². The molecule has 0 unspecified atom stereocenters. The Kier molecular flexibility index (Phi) is 7.59. The largest absolute Gasteiger partial charge is 0.452 e. The molecule has 1 aliphatic rings. The van der Waals surface area contributed by atoms with Crippen LogP contribution in [-0.2, 0) is 20.7 Å². The van der Waals surface area contributed by atoms with Gasteiger partial charge in [-0.3, -0.25) is 19.7 Å². The highest BCUT2D eigenvalue weighted by Gasteiger charge is 2.30. The monoisotopic (exact) mass is 425 g/mol. The summed E-state index contributed by atoms with van der Waals surface area (Å²) in [5.74, 6) is -1.03. The number of nitrogens with zero attached hydrogens (tertiary/aromatic N) is 2. The summed E-state index contributed by atoms with van der Waals surface area (Å²) in [4.78, 5) is 37.5. The third-order valence-electron chi connectivity index (χ3n) is 5.47. The number of esters is 1. The summed E-state index contributed by atoms with van der Waals surface area (Å²) >= 11 is 0. The minimum absolute atomic E-state index is 0.0596. The first-order chi connectivity index (χ1) is 15.0. The summed E-state index contributed by atoms with van der Waals surface area (Å²) in [6.07, 6.45) is 0.883. The Bertz CT molecular complexity index is 910. The van der Waals surface area contributed by atoms with Crippen molar-refractivity contribution in [1.82, 2.24) is 5.32 Å². The molecule has 164 valence electrons. The molecule has 1 heterocycles. The lowest BCUT2D eigenvalue weighted by atomic mass is 9.96. The molecular weight excluding hydrogens is 398 g/mol. The van der Waals surface area contributed by atoms with Crippen molar-refractivity contribution in [3.05, 3.63) is 70.3 Å². The number of piperidine rings is 1. The zero-order valence-corrected chi connectivity index (χ0v) is 17.5. The van der Waals surface area contributed by atoms with E-state index in [4.69, 9.17) is 4.74 Å². The number of amides is 1. The van der Waals surface area contributed by atoms with Crippen LogP contribution in [0, 0.1) is 16.0 Å². The van der Waals surface area contributed by atoms with E-state index >= 15 is 0 Å². The van der Waals surface area contributed by atoms with Crippen molar-refractivity contribution in [2.75, 3.05) is 24.5 Å². The Morgan fingerprint density at radius 1 is 1.13 bits per heavy atom. The van der Waals surface area contributed by atoms with E-state index in [1.54, 1.807) is 25.1 Å². The molecule has 0 saturated carbocycles. The second kappa shape index (κ2) is 10.6. The number of nitro benzene ring substituents is 1. The number of para-hydroxylation sites is 2. The fraction of sp³-hybridized carbons (Fsp3) is 0.391. The summed E-state index contributed by atoms with van der Waals surface area (Å²) in [5.41, 5.74) is 1.74. The Morgan fingerprint density at radius 2 is 1.77 bits per heavy atom. The van der Waals surface area contributed by atoms with Crippen molar-refractivity contribution < 1.29 is 19.2 Å². The lowest BCUT2D eigenvalue weighted by molar-refractivity contribution is -0.384. The third kappa shape index (κ3) is 6.04. The lowest BCUT2D eigenvalue weighted by Crippen LogP contribution is -2.41. The highest BCUT2D eigenvalue weighted by molar-refractivity contribution is 5.84. The minimum Gasteiger partial charge on any atom is -0.452 e. The van der Waals surface area contributed by atoms with Crippen LogP contribution >= 0.6 is 0 Å². The summed E-state index contributed by atoms with van der Waals surface area (Å²) in [6, 6.07) is 16.4. The fourth-order valence-electron chi connectivity index (χ4n) is 3.68. The van der Waals surface area contributed by atoms with Gasteiger partial charge in [-0.15, -0.1) is 0 Å². The molecule has 0 radical (unpaired) electrons. The molecule has 8 nitrogen and oxygen atoms in total. The van der Waals surface area contributed by atoms with Gasteiger partial charge in [0, 0.05) is 25.7 Å². The smallest absolute Gasteiger partial charge is 0.309 e. The SMILES string of the molecule is C[C@H](OC(=O)C1CCN(c2ccccc2[N+](=O)[O-])CC1)C(=O)NCCc1ccccc1. The van der Waals surface area contributed by atoms with Crippen LogP contribution in [0.1, 0.15) is 25.3 Å². The molecule has 1 aliphatic heterocycles. The standard InChI is InChI=1S/C23H27N3O5/c1-17(22(27)24-14-11-18-7-3-2-4-8-18)31-23(28)19-12-15-25(16-13-19)20-9-5-6-10-21(20)26(29)30/h2-10,17,19H,11-16H2,1H3,(H,24,27)/t17-/m0/s1. The van der Waals surface area contributed by atoms with Gasteiger partial charge in [-0.2, -0.15) is 0 Å². The van der Waals surface area contributed by atoms with Crippen LogP contribution < -0.4 is 10.2 Å². The molecule has 1 fully saturated rings.